The van der Waals surface area contributed by atoms with Crippen LogP contribution in [-0.4, -0.2) is 28.9 Å². The Bertz CT molecular complexity index is 91.4. The zero-order chi connectivity index (χ0) is 6.69. The van der Waals surface area contributed by atoms with E-state index in [1.54, 1.807) is 0 Å². The van der Waals surface area contributed by atoms with Crippen LogP contribution in [0.15, 0.2) is 0 Å². The summed E-state index contributed by atoms with van der Waals surface area (Å²) in [5.74, 6) is 0.269. The summed E-state index contributed by atoms with van der Waals surface area (Å²) in [7, 11) is -2.79. The number of rotatable bonds is 2. The monoisotopic (exact) mass is 443 g/mol. The van der Waals surface area contributed by atoms with Crippen LogP contribution in [0.2, 0.25) is 0 Å². The first-order valence-electron chi connectivity index (χ1n) is 2.47. The molecule has 1 fully saturated rings. The van der Waals surface area contributed by atoms with Crippen LogP contribution in [0, 0.1) is 0 Å². The van der Waals surface area contributed by atoms with Crippen molar-refractivity contribution < 1.29 is 72.6 Å². The van der Waals surface area contributed by atoms with Crippen molar-refractivity contribution in [3.8, 4) is 0 Å². The van der Waals surface area contributed by atoms with Crippen LogP contribution < -0.4 is 0 Å². The van der Waals surface area contributed by atoms with Crippen molar-refractivity contribution in [3.05, 3.63) is 0 Å². The van der Waals surface area contributed by atoms with Gasteiger partial charge in [-0.1, -0.05) is 0 Å². The number of hydrogen-bond donors (Lipinski definition) is 2. The average Bonchev–Trinajstić information content (AvgIpc) is 2.15. The van der Waals surface area contributed by atoms with E-state index in [4.69, 9.17) is 18.8 Å². The van der Waals surface area contributed by atoms with Crippen LogP contribution in [0.5, 0.6) is 0 Å². The first-order chi connectivity index (χ1) is 4.29. The van der Waals surface area contributed by atoms with Crippen LogP contribution in [-0.2, 0) is 62.8 Å². The Morgan fingerprint density at radius 2 is 1.73 bits per heavy atom. The molecule has 1 aliphatic rings. The Hall–Kier alpha value is 2.49. The zero-order valence-electron chi connectivity index (χ0n) is 5.71. The molecule has 0 atom stereocenters. The van der Waals surface area contributed by atoms with Crippen molar-refractivity contribution in [3.63, 3.8) is 0 Å². The molecule has 0 aromatic rings. The largest absolute Gasteiger partial charge is 0.350 e. The van der Waals surface area contributed by atoms with Crippen LogP contribution in [0.3, 0.4) is 0 Å². The predicted molar refractivity (Wildman–Crippen MR) is 35.0 cm³/mol. The molecule has 0 amide bonds. The first kappa shape index (κ1) is 15.9. The maximum Gasteiger partial charge on any atom is 0.179 e. The molecule has 8 heteroatoms. The minimum absolute atomic E-state index is 0. The summed E-state index contributed by atoms with van der Waals surface area (Å²) in [6.45, 7) is 1.18. The van der Waals surface area contributed by atoms with Gasteiger partial charge in [0.2, 0.25) is 0 Å². The van der Waals surface area contributed by atoms with Crippen molar-refractivity contribution in [2.75, 3.05) is 19.1 Å². The van der Waals surface area contributed by atoms with Crippen molar-refractivity contribution >= 4 is 16.8 Å². The van der Waals surface area contributed by atoms with Crippen molar-refractivity contribution in [1.29, 1.82) is 0 Å². The fraction of sp³-hybridized carbons (Fsp3) is 1.00. The Labute approximate surface area is 107 Å². The van der Waals surface area contributed by atoms with E-state index in [1.807, 2.05) is 0 Å². The minimum atomic E-state index is -1.83. The van der Waals surface area contributed by atoms with Gasteiger partial charge in [0.1, 0.15) is 0 Å². The van der Waals surface area contributed by atoms with Gasteiger partial charge >= 0.3 is 0 Å². The third-order valence-electron chi connectivity index (χ3n) is 0.796. The normalized spacial score (nSPS) is 17.7. The van der Waals surface area contributed by atoms with E-state index < -0.39 is 16.8 Å². The maximum atomic E-state index is 8.49. The Kier molecular flexibility index (Phi) is 13.1. The van der Waals surface area contributed by atoms with E-state index in [2.05, 4.69) is 0 Å². The van der Waals surface area contributed by atoms with E-state index in [0.717, 1.165) is 0 Å². The second-order valence-corrected chi connectivity index (χ2v) is 4.57. The molecule has 0 unspecified atom stereocenters. The molecule has 2 N–H and O–H groups in total. The zero-order valence-corrected chi connectivity index (χ0v) is 13.3. The summed E-state index contributed by atoms with van der Waals surface area (Å²) >= 11 is 0. The molecular formula is C3H8O4P2WY. The van der Waals surface area contributed by atoms with Crippen molar-refractivity contribution in [2.24, 2.45) is 0 Å². The van der Waals surface area contributed by atoms with E-state index in [9.17, 15) is 0 Å². The Morgan fingerprint density at radius 3 is 2.09 bits per heavy atom. The minimum Gasteiger partial charge on any atom is -0.350 e. The van der Waals surface area contributed by atoms with Gasteiger partial charge in [0, 0.05) is 53.8 Å². The molecule has 1 radical (unpaired) electrons. The van der Waals surface area contributed by atoms with Gasteiger partial charge in [-0.05, 0) is 0 Å². The molecular weight excluding hydrogens is 435 g/mol. The quantitative estimate of drug-likeness (QED) is 0.615. The van der Waals surface area contributed by atoms with E-state index in [0.29, 0.717) is 13.2 Å². The molecule has 63 valence electrons. The van der Waals surface area contributed by atoms with Crippen LogP contribution >= 0.6 is 16.8 Å². The third-order valence-corrected chi connectivity index (χ3v) is 3.67. The van der Waals surface area contributed by atoms with Crippen molar-refractivity contribution in [1.82, 2.24) is 0 Å². The van der Waals surface area contributed by atoms with Gasteiger partial charge in [0.15, 0.2) is 16.8 Å². The summed E-state index contributed by atoms with van der Waals surface area (Å²) in [6, 6.07) is 0. The molecule has 0 saturated carbocycles. The molecule has 0 bridgehead atoms. The molecule has 1 aliphatic heterocycles. The van der Waals surface area contributed by atoms with Gasteiger partial charge in [-0.15, -0.1) is 0 Å². The fourth-order valence-corrected chi connectivity index (χ4v) is 2.61. The maximum absolute atomic E-state index is 8.49. The fourth-order valence-electron chi connectivity index (χ4n) is 0.500. The van der Waals surface area contributed by atoms with Gasteiger partial charge in [0.05, 0.1) is 19.1 Å². The molecule has 0 spiro atoms. The standard InChI is InChI=1S/C3H8O4P2.W.Y/c4-8(5)3-9-6-1-2-7-9;;/h4-5H,1-3H2;;. The second kappa shape index (κ2) is 9.06. The molecule has 1 heterocycles. The molecule has 0 aliphatic carbocycles. The van der Waals surface area contributed by atoms with Crippen molar-refractivity contribution in [2.45, 2.75) is 0 Å². The van der Waals surface area contributed by atoms with Crippen LogP contribution in [0.25, 0.3) is 0 Å². The predicted octanol–water partition coefficient (Wildman–Crippen LogP) is 0.594. The molecule has 1 rings (SSSR count). The Balaban J connectivity index is 0. The SMILES string of the molecule is OP(O)CP1OCCO1.[W].[Y]. The van der Waals surface area contributed by atoms with Gasteiger partial charge < -0.3 is 18.8 Å². The van der Waals surface area contributed by atoms with E-state index in [1.165, 1.54) is 0 Å². The first-order valence-corrected chi connectivity index (χ1v) is 5.27. The topological polar surface area (TPSA) is 58.9 Å². The van der Waals surface area contributed by atoms with E-state index >= 15 is 0 Å². The van der Waals surface area contributed by atoms with Gasteiger partial charge in [-0.3, -0.25) is 0 Å². The van der Waals surface area contributed by atoms with Gasteiger partial charge in [-0.25, -0.2) is 0 Å². The number of hydrogen-bond acceptors (Lipinski definition) is 4. The van der Waals surface area contributed by atoms with Gasteiger partial charge in [-0.2, -0.15) is 0 Å². The third kappa shape index (κ3) is 7.55. The van der Waals surface area contributed by atoms with Gasteiger partial charge in [0.25, 0.3) is 0 Å². The average molecular weight is 443 g/mol. The Morgan fingerprint density at radius 1 is 1.27 bits per heavy atom. The molecule has 0 aromatic heterocycles. The molecule has 0 aromatic carbocycles. The van der Waals surface area contributed by atoms with Crippen LogP contribution in [0.4, 0.5) is 0 Å². The van der Waals surface area contributed by atoms with Crippen LogP contribution in [0.1, 0.15) is 0 Å². The second-order valence-electron chi connectivity index (χ2n) is 1.51. The summed E-state index contributed by atoms with van der Waals surface area (Å²) in [5.41, 5.74) is 0. The summed E-state index contributed by atoms with van der Waals surface area (Å²) < 4.78 is 10.0. The molecule has 11 heavy (non-hydrogen) atoms. The molecule has 1 saturated heterocycles. The summed E-state index contributed by atoms with van der Waals surface area (Å²) in [6.07, 6.45) is 0. The summed E-state index contributed by atoms with van der Waals surface area (Å²) in [4.78, 5) is 17.0. The smallest absolute Gasteiger partial charge is 0.179 e. The van der Waals surface area contributed by atoms with E-state index in [-0.39, 0.29) is 59.7 Å². The molecule has 4 nitrogen and oxygen atoms in total. The summed E-state index contributed by atoms with van der Waals surface area (Å²) in [5, 5.41) is 0.